The molecule has 3 aliphatic rings. The van der Waals surface area contributed by atoms with E-state index in [9.17, 15) is 9.59 Å². The zero-order chi connectivity index (χ0) is 16.4. The SMILES string of the molecule is CCCN(CCC)C(=O)C1=C(C(=O)OCC2CO2)[C@@H]2C=C[C@H]1C2. The first-order chi connectivity index (χ1) is 11.2. The third-order valence-electron chi connectivity index (χ3n) is 4.64. The van der Waals surface area contributed by atoms with E-state index in [1.165, 1.54) is 0 Å². The van der Waals surface area contributed by atoms with Gasteiger partial charge in [0.2, 0.25) is 0 Å². The van der Waals surface area contributed by atoms with Crippen molar-refractivity contribution >= 4 is 11.9 Å². The number of carbonyl (C=O) groups excluding carboxylic acids is 2. The van der Waals surface area contributed by atoms with Crippen LogP contribution in [0.25, 0.3) is 0 Å². The summed E-state index contributed by atoms with van der Waals surface area (Å²) < 4.78 is 10.4. The molecule has 0 radical (unpaired) electrons. The van der Waals surface area contributed by atoms with Crippen LogP contribution in [0.3, 0.4) is 0 Å². The van der Waals surface area contributed by atoms with Gasteiger partial charge in [-0.05, 0) is 19.3 Å². The lowest BCUT2D eigenvalue weighted by atomic mass is 9.95. The molecule has 0 aromatic rings. The standard InChI is InChI=1S/C18H25NO4/c1-3-7-19(8-4-2)17(20)15-12-5-6-13(9-12)16(15)18(21)23-11-14-10-22-14/h5-6,12-14H,3-4,7-11H2,1-2H3/t12-,13+,14?/m0/s1. The Morgan fingerprint density at radius 3 is 2.35 bits per heavy atom. The molecule has 5 heteroatoms. The van der Waals surface area contributed by atoms with Gasteiger partial charge in [-0.25, -0.2) is 4.79 Å². The number of nitrogens with zero attached hydrogens (tertiary/aromatic N) is 1. The minimum Gasteiger partial charge on any atom is -0.459 e. The van der Waals surface area contributed by atoms with Gasteiger partial charge >= 0.3 is 5.97 Å². The highest BCUT2D eigenvalue weighted by Crippen LogP contribution is 2.45. The van der Waals surface area contributed by atoms with E-state index in [-0.39, 0.29) is 29.8 Å². The molecule has 3 rings (SSSR count). The highest BCUT2D eigenvalue weighted by atomic mass is 16.6. The number of amides is 1. The summed E-state index contributed by atoms with van der Waals surface area (Å²) in [7, 11) is 0. The van der Waals surface area contributed by atoms with Crippen LogP contribution in [0.5, 0.6) is 0 Å². The highest BCUT2D eigenvalue weighted by molar-refractivity contribution is 6.05. The summed E-state index contributed by atoms with van der Waals surface area (Å²) in [6.07, 6.45) is 6.82. The van der Waals surface area contributed by atoms with Crippen molar-refractivity contribution in [3.05, 3.63) is 23.3 Å². The number of allylic oxidation sites excluding steroid dienone is 2. The maximum absolute atomic E-state index is 13.0. The third-order valence-corrected chi connectivity index (χ3v) is 4.64. The fraction of sp³-hybridized carbons (Fsp3) is 0.667. The quantitative estimate of drug-likeness (QED) is 0.390. The largest absolute Gasteiger partial charge is 0.459 e. The lowest BCUT2D eigenvalue weighted by Gasteiger charge is -2.25. The average Bonchev–Trinajstić information content (AvgIpc) is 3.15. The van der Waals surface area contributed by atoms with Gasteiger partial charge in [0, 0.05) is 30.5 Å². The van der Waals surface area contributed by atoms with E-state index in [0.717, 1.165) is 32.4 Å². The first-order valence-electron chi connectivity index (χ1n) is 8.66. The second-order valence-electron chi connectivity index (χ2n) is 6.51. The molecule has 3 atom stereocenters. The third kappa shape index (κ3) is 3.34. The number of rotatable bonds is 8. The molecule has 0 spiro atoms. The average molecular weight is 319 g/mol. The topological polar surface area (TPSA) is 59.1 Å². The molecule has 1 unspecified atom stereocenters. The number of hydrogen-bond donors (Lipinski definition) is 0. The van der Waals surface area contributed by atoms with Gasteiger partial charge in [-0.1, -0.05) is 26.0 Å². The van der Waals surface area contributed by atoms with E-state index < -0.39 is 0 Å². The number of hydrogen-bond acceptors (Lipinski definition) is 4. The summed E-state index contributed by atoms with van der Waals surface area (Å²) in [6.45, 7) is 6.54. The van der Waals surface area contributed by atoms with E-state index >= 15 is 0 Å². The Morgan fingerprint density at radius 2 is 1.78 bits per heavy atom. The Kier molecular flexibility index (Phi) is 4.85. The predicted molar refractivity (Wildman–Crippen MR) is 85.6 cm³/mol. The molecule has 0 saturated carbocycles. The van der Waals surface area contributed by atoms with Gasteiger partial charge in [0.1, 0.15) is 12.7 Å². The van der Waals surface area contributed by atoms with Crippen LogP contribution >= 0.6 is 0 Å². The summed E-state index contributed by atoms with van der Waals surface area (Å²) in [5, 5.41) is 0. The van der Waals surface area contributed by atoms with Crippen LogP contribution in [0, 0.1) is 11.8 Å². The van der Waals surface area contributed by atoms with Crippen molar-refractivity contribution in [1.82, 2.24) is 4.90 Å². The van der Waals surface area contributed by atoms with E-state index in [1.807, 2.05) is 11.0 Å². The van der Waals surface area contributed by atoms with Crippen LogP contribution in [-0.2, 0) is 19.1 Å². The molecule has 126 valence electrons. The molecule has 5 nitrogen and oxygen atoms in total. The van der Waals surface area contributed by atoms with Crippen LogP contribution in [-0.4, -0.2) is 49.2 Å². The normalized spacial score (nSPS) is 27.5. The molecule has 1 amide bonds. The van der Waals surface area contributed by atoms with Crippen molar-refractivity contribution in [2.45, 2.75) is 39.2 Å². The highest BCUT2D eigenvalue weighted by Gasteiger charge is 2.43. The fourth-order valence-electron chi connectivity index (χ4n) is 3.50. The van der Waals surface area contributed by atoms with Crippen LogP contribution in [0.15, 0.2) is 23.3 Å². The Bertz CT molecular complexity index is 541. The summed E-state index contributed by atoms with van der Waals surface area (Å²) in [4.78, 5) is 27.3. The molecule has 2 bridgehead atoms. The van der Waals surface area contributed by atoms with Gasteiger partial charge in [0.15, 0.2) is 0 Å². The van der Waals surface area contributed by atoms with Crippen LogP contribution in [0.2, 0.25) is 0 Å². The minimum atomic E-state index is -0.339. The molecule has 1 fully saturated rings. The van der Waals surface area contributed by atoms with Gasteiger partial charge in [-0.15, -0.1) is 0 Å². The molecular formula is C18H25NO4. The van der Waals surface area contributed by atoms with Gasteiger partial charge in [0.05, 0.1) is 12.2 Å². The summed E-state index contributed by atoms with van der Waals surface area (Å²) in [5.41, 5.74) is 1.25. The van der Waals surface area contributed by atoms with Gasteiger partial charge in [-0.2, -0.15) is 0 Å². The molecule has 0 aromatic carbocycles. The Hall–Kier alpha value is -1.62. The van der Waals surface area contributed by atoms with Crippen molar-refractivity contribution in [3.8, 4) is 0 Å². The van der Waals surface area contributed by atoms with Gasteiger partial charge < -0.3 is 14.4 Å². The number of carbonyl (C=O) groups is 2. The van der Waals surface area contributed by atoms with Crippen LogP contribution in [0.1, 0.15) is 33.1 Å². The van der Waals surface area contributed by atoms with Crippen LogP contribution < -0.4 is 0 Å². The minimum absolute atomic E-state index is 0.0140. The maximum atomic E-state index is 13.0. The first-order valence-corrected chi connectivity index (χ1v) is 8.66. The maximum Gasteiger partial charge on any atom is 0.335 e. The number of esters is 1. The van der Waals surface area contributed by atoms with E-state index in [2.05, 4.69) is 19.9 Å². The van der Waals surface area contributed by atoms with Gasteiger partial charge in [-0.3, -0.25) is 4.79 Å². The number of fused-ring (bicyclic) bond motifs is 2. The second-order valence-corrected chi connectivity index (χ2v) is 6.51. The molecule has 1 saturated heterocycles. The van der Waals surface area contributed by atoms with Crippen molar-refractivity contribution < 1.29 is 19.1 Å². The van der Waals surface area contributed by atoms with Crippen LogP contribution in [0.4, 0.5) is 0 Å². The molecule has 0 N–H and O–H groups in total. The van der Waals surface area contributed by atoms with E-state index in [4.69, 9.17) is 9.47 Å². The summed E-state index contributed by atoms with van der Waals surface area (Å²) >= 11 is 0. The van der Waals surface area contributed by atoms with Crippen molar-refractivity contribution in [3.63, 3.8) is 0 Å². The monoisotopic (exact) mass is 319 g/mol. The Morgan fingerprint density at radius 1 is 1.17 bits per heavy atom. The summed E-state index contributed by atoms with van der Waals surface area (Å²) in [5.74, 6) is -0.214. The predicted octanol–water partition coefficient (Wildman–Crippen LogP) is 2.08. The molecule has 2 aliphatic carbocycles. The fourth-order valence-corrected chi connectivity index (χ4v) is 3.50. The molecule has 1 aliphatic heterocycles. The number of ether oxygens (including phenoxy) is 2. The van der Waals surface area contributed by atoms with E-state index in [1.54, 1.807) is 0 Å². The lowest BCUT2D eigenvalue weighted by Crippen LogP contribution is -2.35. The zero-order valence-electron chi connectivity index (χ0n) is 13.9. The zero-order valence-corrected chi connectivity index (χ0v) is 13.9. The Balaban J connectivity index is 1.79. The second kappa shape index (κ2) is 6.87. The van der Waals surface area contributed by atoms with Crippen molar-refractivity contribution in [2.24, 2.45) is 11.8 Å². The molecule has 1 heterocycles. The first kappa shape index (κ1) is 16.2. The lowest BCUT2D eigenvalue weighted by molar-refractivity contribution is -0.140. The van der Waals surface area contributed by atoms with Crippen molar-refractivity contribution in [1.29, 1.82) is 0 Å². The molecular weight excluding hydrogens is 294 g/mol. The van der Waals surface area contributed by atoms with E-state index in [0.29, 0.717) is 24.4 Å². The molecule has 23 heavy (non-hydrogen) atoms. The molecule has 0 aromatic heterocycles. The smallest absolute Gasteiger partial charge is 0.335 e. The summed E-state index contributed by atoms with van der Waals surface area (Å²) in [6, 6.07) is 0. The van der Waals surface area contributed by atoms with Crippen molar-refractivity contribution in [2.75, 3.05) is 26.3 Å². The van der Waals surface area contributed by atoms with Gasteiger partial charge in [0.25, 0.3) is 5.91 Å². The Labute approximate surface area is 137 Å². The number of epoxide rings is 1.